The summed E-state index contributed by atoms with van der Waals surface area (Å²) >= 11 is 0. The summed E-state index contributed by atoms with van der Waals surface area (Å²) in [5, 5.41) is 6.56. The number of rotatable bonds is 9. The van der Waals surface area contributed by atoms with Gasteiger partial charge in [0.05, 0.1) is 20.2 Å². The van der Waals surface area contributed by atoms with Crippen LogP contribution in [-0.4, -0.2) is 50.6 Å². The molecule has 2 N–H and O–H groups in total. The number of benzene rings is 2. The lowest BCUT2D eigenvalue weighted by Crippen LogP contribution is -2.46. The highest BCUT2D eigenvalue weighted by molar-refractivity contribution is 14.0. The third kappa shape index (κ3) is 9.47. The first-order chi connectivity index (χ1) is 14.0. The molecule has 0 radical (unpaired) electrons. The molecule has 2 rings (SSSR count). The second-order valence-corrected chi connectivity index (χ2v) is 7.22. The van der Waals surface area contributed by atoms with Crippen molar-refractivity contribution in [3.8, 4) is 5.75 Å². The van der Waals surface area contributed by atoms with E-state index in [0.29, 0.717) is 12.5 Å². The molecule has 1 atom stereocenters. The van der Waals surface area contributed by atoms with Gasteiger partial charge in [0.2, 0.25) is 5.91 Å². The zero-order chi connectivity index (χ0) is 21.1. The topological polar surface area (TPSA) is 66.0 Å². The number of methoxy groups -OCH3 is 1. The number of carbonyl (C=O) groups excluding carboxylic acids is 1. The van der Waals surface area contributed by atoms with E-state index in [-0.39, 0.29) is 42.5 Å². The molecular formula is C23H33IN4O2. The lowest BCUT2D eigenvalue weighted by Gasteiger charge is -2.19. The Labute approximate surface area is 197 Å². The fourth-order valence-electron chi connectivity index (χ4n) is 2.70. The van der Waals surface area contributed by atoms with Gasteiger partial charge in [0.25, 0.3) is 0 Å². The second-order valence-electron chi connectivity index (χ2n) is 7.22. The van der Waals surface area contributed by atoms with Crippen LogP contribution in [0.5, 0.6) is 5.75 Å². The van der Waals surface area contributed by atoms with Crippen LogP contribution in [0, 0.1) is 0 Å². The fraction of sp³-hybridized carbons (Fsp3) is 0.391. The Kier molecular flexibility index (Phi) is 11.9. The maximum atomic E-state index is 12.0. The van der Waals surface area contributed by atoms with Crippen molar-refractivity contribution < 1.29 is 9.53 Å². The molecule has 0 fully saturated rings. The number of amides is 1. The van der Waals surface area contributed by atoms with Crippen molar-refractivity contribution in [3.05, 3.63) is 65.7 Å². The molecule has 0 saturated heterocycles. The quantitative estimate of drug-likeness (QED) is 0.300. The van der Waals surface area contributed by atoms with E-state index in [0.717, 1.165) is 24.2 Å². The van der Waals surface area contributed by atoms with Gasteiger partial charge in [0.15, 0.2) is 5.96 Å². The second kappa shape index (κ2) is 13.8. The Bertz CT molecular complexity index is 780. The maximum absolute atomic E-state index is 12.0. The minimum absolute atomic E-state index is 0. The van der Waals surface area contributed by atoms with E-state index in [1.165, 1.54) is 5.56 Å². The number of carbonyl (C=O) groups is 1. The van der Waals surface area contributed by atoms with Crippen molar-refractivity contribution in [1.29, 1.82) is 0 Å². The molecule has 1 amide bonds. The van der Waals surface area contributed by atoms with Gasteiger partial charge in [-0.15, -0.1) is 24.0 Å². The summed E-state index contributed by atoms with van der Waals surface area (Å²) in [6.07, 6.45) is 1.95. The Hall–Kier alpha value is -2.29. The normalized spacial score (nSPS) is 11.8. The highest BCUT2D eigenvalue weighted by Gasteiger charge is 2.09. The number of guanidine groups is 1. The van der Waals surface area contributed by atoms with Crippen LogP contribution < -0.4 is 15.4 Å². The molecule has 1 unspecified atom stereocenters. The zero-order valence-electron chi connectivity index (χ0n) is 18.2. The molecule has 30 heavy (non-hydrogen) atoms. The van der Waals surface area contributed by atoms with Gasteiger partial charge in [0.1, 0.15) is 5.75 Å². The van der Waals surface area contributed by atoms with Crippen molar-refractivity contribution in [3.63, 3.8) is 0 Å². The van der Waals surface area contributed by atoms with Crippen molar-refractivity contribution in [2.75, 3.05) is 27.7 Å². The number of likely N-dealkylation sites (N-methyl/N-ethyl adjacent to an activating group) is 1. The number of aliphatic imine (C=N–C) groups is 1. The number of hydrogen-bond donors (Lipinski definition) is 2. The van der Waals surface area contributed by atoms with Crippen LogP contribution in [-0.2, 0) is 17.8 Å². The molecular weight excluding hydrogens is 491 g/mol. The van der Waals surface area contributed by atoms with Gasteiger partial charge in [-0.25, -0.2) is 4.99 Å². The van der Waals surface area contributed by atoms with E-state index >= 15 is 0 Å². The van der Waals surface area contributed by atoms with E-state index in [1.807, 2.05) is 30.3 Å². The van der Waals surface area contributed by atoms with Crippen LogP contribution in [0.3, 0.4) is 0 Å². The molecule has 0 aliphatic carbocycles. The summed E-state index contributed by atoms with van der Waals surface area (Å²) < 4.78 is 5.20. The van der Waals surface area contributed by atoms with Crippen LogP contribution in [0.25, 0.3) is 0 Å². The van der Waals surface area contributed by atoms with Crippen molar-refractivity contribution in [2.45, 2.75) is 32.4 Å². The van der Waals surface area contributed by atoms with E-state index in [4.69, 9.17) is 4.74 Å². The summed E-state index contributed by atoms with van der Waals surface area (Å²) in [5.74, 6) is 1.46. The minimum Gasteiger partial charge on any atom is -0.497 e. The Balaban J connectivity index is 0.00000450. The molecule has 0 saturated carbocycles. The van der Waals surface area contributed by atoms with Crippen molar-refractivity contribution in [2.24, 2.45) is 4.99 Å². The van der Waals surface area contributed by atoms with E-state index in [2.05, 4.69) is 46.8 Å². The maximum Gasteiger partial charge on any atom is 0.241 e. The number of hydrogen-bond acceptors (Lipinski definition) is 3. The lowest BCUT2D eigenvalue weighted by molar-refractivity contribution is -0.127. The number of halogens is 1. The predicted octanol–water partition coefficient (Wildman–Crippen LogP) is 3.46. The van der Waals surface area contributed by atoms with E-state index in [1.54, 1.807) is 26.1 Å². The number of nitrogens with one attached hydrogen (secondary N) is 2. The third-order valence-electron chi connectivity index (χ3n) is 4.58. The van der Waals surface area contributed by atoms with Gasteiger partial charge in [-0.3, -0.25) is 4.79 Å². The van der Waals surface area contributed by atoms with E-state index < -0.39 is 0 Å². The van der Waals surface area contributed by atoms with Crippen LogP contribution in [0.4, 0.5) is 0 Å². The first kappa shape index (κ1) is 25.7. The summed E-state index contributed by atoms with van der Waals surface area (Å²) in [6, 6.07) is 18.5. The third-order valence-corrected chi connectivity index (χ3v) is 4.58. The highest BCUT2D eigenvalue weighted by atomic mass is 127. The molecule has 2 aromatic carbocycles. The first-order valence-corrected chi connectivity index (χ1v) is 9.89. The van der Waals surface area contributed by atoms with Gasteiger partial charge >= 0.3 is 0 Å². The van der Waals surface area contributed by atoms with Gasteiger partial charge in [-0.05, 0) is 43.0 Å². The average molecular weight is 524 g/mol. The summed E-state index contributed by atoms with van der Waals surface area (Å²) in [5.41, 5.74) is 2.39. The van der Waals surface area contributed by atoms with Crippen molar-refractivity contribution in [1.82, 2.24) is 15.5 Å². The van der Waals surface area contributed by atoms with Gasteiger partial charge in [-0.2, -0.15) is 0 Å². The van der Waals surface area contributed by atoms with Gasteiger partial charge < -0.3 is 20.3 Å². The van der Waals surface area contributed by atoms with Crippen LogP contribution in [0.1, 0.15) is 24.5 Å². The standard InChI is InChI=1S/C23H32N4O2.HI/c1-18(10-11-19-8-6-5-7-9-19)26-23(25-17-22(28)27(2)3)24-16-20-12-14-21(29-4)15-13-20;/h5-9,12-15,18H,10-11,16-17H2,1-4H3,(H2,24,25,26);1H. The fourth-order valence-corrected chi connectivity index (χ4v) is 2.70. The summed E-state index contributed by atoms with van der Waals surface area (Å²) in [7, 11) is 5.14. The molecule has 164 valence electrons. The van der Waals surface area contributed by atoms with Gasteiger partial charge in [0, 0.05) is 20.1 Å². The SMILES string of the molecule is COc1ccc(CN=C(NCC(=O)N(C)C)NC(C)CCc2ccccc2)cc1.I. The molecule has 0 heterocycles. The monoisotopic (exact) mass is 524 g/mol. The molecule has 0 aliphatic rings. The summed E-state index contributed by atoms with van der Waals surface area (Å²) in [6.45, 7) is 2.84. The zero-order valence-corrected chi connectivity index (χ0v) is 20.6. The largest absolute Gasteiger partial charge is 0.497 e. The molecule has 0 bridgehead atoms. The first-order valence-electron chi connectivity index (χ1n) is 9.89. The Morgan fingerprint density at radius 2 is 1.73 bits per heavy atom. The average Bonchev–Trinajstić information content (AvgIpc) is 2.74. The highest BCUT2D eigenvalue weighted by Crippen LogP contribution is 2.12. The number of aryl methyl sites for hydroxylation is 1. The lowest BCUT2D eigenvalue weighted by atomic mass is 10.1. The van der Waals surface area contributed by atoms with Crippen LogP contribution >= 0.6 is 24.0 Å². The molecule has 7 heteroatoms. The van der Waals surface area contributed by atoms with Crippen LogP contribution in [0.15, 0.2) is 59.6 Å². The smallest absolute Gasteiger partial charge is 0.241 e. The Morgan fingerprint density at radius 1 is 1.07 bits per heavy atom. The van der Waals surface area contributed by atoms with Crippen molar-refractivity contribution >= 4 is 35.8 Å². The molecule has 6 nitrogen and oxygen atoms in total. The van der Waals surface area contributed by atoms with Crippen LogP contribution in [0.2, 0.25) is 0 Å². The molecule has 0 spiro atoms. The van der Waals surface area contributed by atoms with E-state index in [9.17, 15) is 4.79 Å². The minimum atomic E-state index is 0. The Morgan fingerprint density at radius 3 is 2.33 bits per heavy atom. The summed E-state index contributed by atoms with van der Waals surface area (Å²) in [4.78, 5) is 18.2. The molecule has 2 aromatic rings. The number of nitrogens with zero attached hydrogens (tertiary/aromatic N) is 2. The number of ether oxygens (including phenoxy) is 1. The molecule has 0 aromatic heterocycles. The predicted molar refractivity (Wildman–Crippen MR) is 134 cm³/mol. The van der Waals surface area contributed by atoms with Gasteiger partial charge in [-0.1, -0.05) is 42.5 Å². The molecule has 0 aliphatic heterocycles.